The van der Waals surface area contributed by atoms with Crippen LogP contribution < -0.4 is 15.0 Å². The molecular weight excluding hydrogens is 322 g/mol. The van der Waals surface area contributed by atoms with Gasteiger partial charge in [-0.25, -0.2) is 4.68 Å². The van der Waals surface area contributed by atoms with E-state index in [4.69, 9.17) is 4.74 Å². The lowest BCUT2D eigenvalue weighted by atomic mass is 10.1. The molecule has 0 saturated carbocycles. The Balaban J connectivity index is 2.14. The summed E-state index contributed by atoms with van der Waals surface area (Å²) in [5, 5.41) is 4.58. The molecule has 0 bridgehead atoms. The Labute approximate surface area is 134 Å². The second-order valence-electron chi connectivity index (χ2n) is 5.17. The molecule has 9 heteroatoms. The number of methoxy groups -OCH3 is 1. The van der Waals surface area contributed by atoms with Gasteiger partial charge in [0.1, 0.15) is 11.1 Å². The van der Waals surface area contributed by atoms with Gasteiger partial charge in [0.2, 0.25) is 0 Å². The van der Waals surface area contributed by atoms with Gasteiger partial charge >= 0.3 is 6.61 Å². The van der Waals surface area contributed by atoms with E-state index in [0.29, 0.717) is 22.2 Å². The number of alkyl halides is 2. The van der Waals surface area contributed by atoms with Gasteiger partial charge in [-0.3, -0.25) is 9.78 Å². The minimum Gasteiger partial charge on any atom is -0.468 e. The van der Waals surface area contributed by atoms with E-state index in [1.807, 2.05) is 0 Å². The summed E-state index contributed by atoms with van der Waals surface area (Å²) in [7, 11) is 1.39. The summed E-state index contributed by atoms with van der Waals surface area (Å²) in [5.41, 5.74) is 1.84. The maximum atomic E-state index is 12.4. The third-order valence-electron chi connectivity index (χ3n) is 3.48. The zero-order valence-corrected chi connectivity index (χ0v) is 13.1. The van der Waals surface area contributed by atoms with Crippen molar-refractivity contribution in [3.05, 3.63) is 39.8 Å². The fraction of sp³-hybridized carbons (Fsp3) is 0.267. The Morgan fingerprint density at radius 2 is 1.92 bits per heavy atom. The van der Waals surface area contributed by atoms with Crippen LogP contribution in [0.2, 0.25) is 0 Å². The first kappa shape index (κ1) is 15.9. The molecule has 0 radical (unpaired) electrons. The summed E-state index contributed by atoms with van der Waals surface area (Å²) >= 11 is 0. The molecule has 1 aromatic carbocycles. The van der Waals surface area contributed by atoms with Crippen LogP contribution in [0, 0.1) is 13.8 Å². The smallest absolute Gasteiger partial charge is 0.387 e. The van der Waals surface area contributed by atoms with E-state index >= 15 is 0 Å². The van der Waals surface area contributed by atoms with Crippen LogP contribution >= 0.6 is 0 Å². The monoisotopic (exact) mass is 336 g/mol. The molecule has 0 aliphatic rings. The Bertz CT molecular complexity index is 942. The topological polar surface area (TPSA) is 82.0 Å². The van der Waals surface area contributed by atoms with Gasteiger partial charge in [-0.15, -0.1) is 5.10 Å². The summed E-state index contributed by atoms with van der Waals surface area (Å²) in [6.45, 7) is 0.591. The van der Waals surface area contributed by atoms with Crippen LogP contribution in [0.5, 0.6) is 11.8 Å². The van der Waals surface area contributed by atoms with Crippen molar-refractivity contribution in [1.29, 1.82) is 0 Å². The van der Waals surface area contributed by atoms with Gasteiger partial charge in [-0.2, -0.15) is 13.8 Å². The Morgan fingerprint density at radius 3 is 2.50 bits per heavy atom. The summed E-state index contributed by atoms with van der Waals surface area (Å²) in [6.07, 6.45) is 1.53. The van der Waals surface area contributed by atoms with Crippen molar-refractivity contribution in [2.75, 3.05) is 7.11 Å². The van der Waals surface area contributed by atoms with E-state index < -0.39 is 6.61 Å². The molecule has 0 atom stereocenters. The highest BCUT2D eigenvalue weighted by atomic mass is 19.3. The van der Waals surface area contributed by atoms with Crippen LogP contribution in [-0.2, 0) is 0 Å². The number of ether oxygens (including phenoxy) is 2. The molecule has 126 valence electrons. The van der Waals surface area contributed by atoms with Crippen LogP contribution in [-0.4, -0.2) is 33.5 Å². The Kier molecular flexibility index (Phi) is 3.92. The lowest BCUT2D eigenvalue weighted by Gasteiger charge is -2.12. The first-order valence-electron chi connectivity index (χ1n) is 6.99. The SMILES string of the molecule is COc1nc2nn(-c3c(C)cc(OC(F)F)cc3C)cc2c(=O)[nH]1. The quantitative estimate of drug-likeness (QED) is 0.791. The van der Waals surface area contributed by atoms with E-state index in [2.05, 4.69) is 19.8 Å². The van der Waals surface area contributed by atoms with Crippen LogP contribution in [0.25, 0.3) is 16.7 Å². The molecule has 3 aromatic rings. The molecule has 0 unspecified atom stereocenters. The first-order valence-corrected chi connectivity index (χ1v) is 6.99. The number of halogens is 2. The number of aromatic amines is 1. The van der Waals surface area contributed by atoms with Gasteiger partial charge in [0.15, 0.2) is 5.65 Å². The molecule has 7 nitrogen and oxygen atoms in total. The summed E-state index contributed by atoms with van der Waals surface area (Å²) in [4.78, 5) is 18.6. The molecule has 0 spiro atoms. The average molecular weight is 336 g/mol. The molecule has 0 aliphatic heterocycles. The van der Waals surface area contributed by atoms with E-state index in [9.17, 15) is 13.6 Å². The third-order valence-corrected chi connectivity index (χ3v) is 3.48. The number of benzene rings is 1. The van der Waals surface area contributed by atoms with Gasteiger partial charge in [0.05, 0.1) is 12.8 Å². The van der Waals surface area contributed by atoms with Crippen molar-refractivity contribution in [2.45, 2.75) is 20.5 Å². The number of hydrogen-bond donors (Lipinski definition) is 1. The van der Waals surface area contributed by atoms with Gasteiger partial charge in [-0.05, 0) is 37.1 Å². The Morgan fingerprint density at radius 1 is 1.25 bits per heavy atom. The zero-order chi connectivity index (χ0) is 17.4. The molecule has 1 N–H and O–H groups in total. The van der Waals surface area contributed by atoms with E-state index in [-0.39, 0.29) is 23.0 Å². The van der Waals surface area contributed by atoms with Crippen LogP contribution in [0.1, 0.15) is 11.1 Å². The van der Waals surface area contributed by atoms with Crippen molar-refractivity contribution in [3.63, 3.8) is 0 Å². The highest BCUT2D eigenvalue weighted by molar-refractivity contribution is 5.74. The molecule has 0 amide bonds. The van der Waals surface area contributed by atoms with Gasteiger partial charge in [0.25, 0.3) is 11.6 Å². The summed E-state index contributed by atoms with van der Waals surface area (Å²) in [5.74, 6) is 0.0677. The minimum absolute atomic E-state index is 0.0619. The molecule has 2 heterocycles. The number of aryl methyl sites for hydroxylation is 2. The van der Waals surface area contributed by atoms with Crippen molar-refractivity contribution >= 4 is 11.0 Å². The van der Waals surface area contributed by atoms with E-state index in [1.165, 1.54) is 30.1 Å². The number of fused-ring (bicyclic) bond motifs is 1. The molecule has 24 heavy (non-hydrogen) atoms. The number of nitrogens with zero attached hydrogens (tertiary/aromatic N) is 3. The normalized spacial score (nSPS) is 11.2. The first-order chi connectivity index (χ1) is 11.4. The van der Waals surface area contributed by atoms with Crippen molar-refractivity contribution in [3.8, 4) is 17.4 Å². The maximum absolute atomic E-state index is 12.4. The summed E-state index contributed by atoms with van der Waals surface area (Å²) in [6, 6.07) is 3.03. The zero-order valence-electron chi connectivity index (χ0n) is 13.1. The lowest BCUT2D eigenvalue weighted by Crippen LogP contribution is -2.08. The maximum Gasteiger partial charge on any atom is 0.387 e. The lowest BCUT2D eigenvalue weighted by molar-refractivity contribution is -0.0498. The second kappa shape index (κ2) is 5.91. The van der Waals surface area contributed by atoms with Crippen LogP contribution in [0.3, 0.4) is 0 Å². The van der Waals surface area contributed by atoms with E-state index in [0.717, 1.165) is 0 Å². The van der Waals surface area contributed by atoms with Crippen LogP contribution in [0.4, 0.5) is 8.78 Å². The second-order valence-corrected chi connectivity index (χ2v) is 5.17. The van der Waals surface area contributed by atoms with Gasteiger partial charge < -0.3 is 9.47 Å². The molecule has 3 rings (SSSR count). The fourth-order valence-corrected chi connectivity index (χ4v) is 2.56. The highest BCUT2D eigenvalue weighted by Crippen LogP contribution is 2.26. The third kappa shape index (κ3) is 2.80. The molecule has 2 aromatic heterocycles. The Hall–Kier alpha value is -2.97. The number of H-pyrrole nitrogens is 1. The molecule has 0 aliphatic carbocycles. The van der Waals surface area contributed by atoms with Crippen molar-refractivity contribution in [2.24, 2.45) is 0 Å². The molecular formula is C15H14F2N4O3. The number of aromatic nitrogens is 4. The van der Waals surface area contributed by atoms with E-state index in [1.54, 1.807) is 13.8 Å². The van der Waals surface area contributed by atoms with Crippen molar-refractivity contribution < 1.29 is 18.3 Å². The predicted molar refractivity (Wildman–Crippen MR) is 82.1 cm³/mol. The fourth-order valence-electron chi connectivity index (χ4n) is 2.56. The highest BCUT2D eigenvalue weighted by Gasteiger charge is 2.15. The van der Waals surface area contributed by atoms with Crippen LogP contribution in [0.15, 0.2) is 23.1 Å². The largest absolute Gasteiger partial charge is 0.468 e. The minimum atomic E-state index is -2.89. The van der Waals surface area contributed by atoms with Gasteiger partial charge in [0, 0.05) is 6.20 Å². The molecule has 0 saturated heterocycles. The average Bonchev–Trinajstić information content (AvgIpc) is 2.89. The molecule has 0 fully saturated rings. The van der Waals surface area contributed by atoms with Gasteiger partial charge in [-0.1, -0.05) is 0 Å². The summed E-state index contributed by atoms with van der Waals surface area (Å²) < 4.78 is 35.6. The number of rotatable bonds is 4. The standard InChI is InChI=1S/C15H14F2N4O3/c1-7-4-9(24-14(16)17)5-8(2)11(7)21-6-10-12(20-21)18-15(23-3)19-13(10)22/h4-6,14H,1-3H3,(H,18,19,20,22). The number of nitrogens with one attached hydrogen (secondary N) is 1. The number of hydrogen-bond acceptors (Lipinski definition) is 5. The predicted octanol–water partition coefficient (Wildman–Crippen LogP) is 2.34. The van der Waals surface area contributed by atoms with Crippen molar-refractivity contribution in [1.82, 2.24) is 19.7 Å².